The number of hydrogen-bond donors (Lipinski definition) is 1. The van der Waals surface area contributed by atoms with Crippen LogP contribution in [0.3, 0.4) is 0 Å². The number of aliphatic hydroxyl groups excluding tert-OH is 1. The first-order valence-electron chi connectivity index (χ1n) is 8.90. The Morgan fingerprint density at radius 3 is 2.62 bits per heavy atom. The van der Waals surface area contributed by atoms with Crippen LogP contribution in [0.25, 0.3) is 0 Å². The number of hydrogen-bond acceptors (Lipinski definition) is 3. The van der Waals surface area contributed by atoms with Crippen LogP contribution in [0, 0.1) is 11.7 Å². The molecule has 0 unspecified atom stereocenters. The van der Waals surface area contributed by atoms with E-state index in [9.17, 15) is 14.3 Å². The van der Waals surface area contributed by atoms with E-state index in [1.165, 1.54) is 18.6 Å². The third-order valence-corrected chi connectivity index (χ3v) is 5.24. The fraction of sp³-hybridized carbons (Fsp3) is 0.632. The Bertz CT molecular complexity index is 556. The van der Waals surface area contributed by atoms with Crippen LogP contribution < -0.4 is 0 Å². The molecule has 1 saturated carbocycles. The molecule has 1 amide bonds. The molecule has 24 heavy (non-hydrogen) atoms. The first kappa shape index (κ1) is 17.4. The van der Waals surface area contributed by atoms with Crippen molar-refractivity contribution in [2.45, 2.75) is 44.1 Å². The minimum absolute atomic E-state index is 0.124. The Morgan fingerprint density at radius 1 is 1.25 bits per heavy atom. The van der Waals surface area contributed by atoms with Crippen molar-refractivity contribution in [2.75, 3.05) is 26.3 Å². The van der Waals surface area contributed by atoms with Crippen LogP contribution >= 0.6 is 0 Å². The Labute approximate surface area is 142 Å². The summed E-state index contributed by atoms with van der Waals surface area (Å²) in [5, 5.41) is 9.93. The predicted octanol–water partition coefficient (Wildman–Crippen LogP) is 2.54. The highest BCUT2D eigenvalue weighted by atomic mass is 19.1. The van der Waals surface area contributed by atoms with Crippen LogP contribution in [0.4, 0.5) is 4.39 Å². The zero-order valence-corrected chi connectivity index (χ0v) is 14.0. The van der Waals surface area contributed by atoms with Crippen LogP contribution in [-0.4, -0.2) is 47.8 Å². The largest absolute Gasteiger partial charge is 0.393 e. The Morgan fingerprint density at radius 2 is 1.96 bits per heavy atom. The third-order valence-electron chi connectivity index (χ3n) is 5.24. The molecule has 1 heterocycles. The fourth-order valence-corrected chi connectivity index (χ4v) is 3.87. The summed E-state index contributed by atoms with van der Waals surface area (Å²) < 4.78 is 19.0. The van der Waals surface area contributed by atoms with Gasteiger partial charge in [-0.05, 0) is 30.5 Å². The summed E-state index contributed by atoms with van der Waals surface area (Å²) in [4.78, 5) is 14.7. The minimum Gasteiger partial charge on any atom is -0.393 e. The van der Waals surface area contributed by atoms with E-state index in [2.05, 4.69) is 0 Å². The van der Waals surface area contributed by atoms with Gasteiger partial charge in [-0.1, -0.05) is 31.4 Å². The summed E-state index contributed by atoms with van der Waals surface area (Å²) in [6.45, 7) is 1.26. The quantitative estimate of drug-likeness (QED) is 0.920. The average molecular weight is 335 g/mol. The molecule has 2 fully saturated rings. The summed E-state index contributed by atoms with van der Waals surface area (Å²) >= 11 is 0. The summed E-state index contributed by atoms with van der Waals surface area (Å²) in [6.07, 6.45) is 5.89. The number of benzene rings is 1. The maximum absolute atomic E-state index is 13.1. The van der Waals surface area contributed by atoms with Crippen LogP contribution in [-0.2, 0) is 16.0 Å². The smallest absolute Gasteiger partial charge is 0.225 e. The molecule has 1 aliphatic carbocycles. The van der Waals surface area contributed by atoms with Crippen molar-refractivity contribution in [3.05, 3.63) is 35.6 Å². The molecule has 132 valence electrons. The number of aliphatic hydroxyl groups is 1. The van der Waals surface area contributed by atoms with E-state index in [1.54, 1.807) is 12.1 Å². The Kier molecular flexibility index (Phi) is 5.51. The number of morpholine rings is 1. The standard InChI is InChI=1S/C19H26FNO3/c20-17-8-6-15(7-9-17)12-19(14-22)13-21(10-11-24-19)18(23)16-4-2-1-3-5-16/h6-9,16,22H,1-5,10-14H2/t19-/m0/s1. The average Bonchev–Trinajstić information content (AvgIpc) is 2.64. The van der Waals surface area contributed by atoms with E-state index in [-0.39, 0.29) is 24.2 Å². The van der Waals surface area contributed by atoms with E-state index in [1.807, 2.05) is 4.90 Å². The van der Waals surface area contributed by atoms with Crippen molar-refractivity contribution in [3.63, 3.8) is 0 Å². The van der Waals surface area contributed by atoms with Crippen LogP contribution in [0.15, 0.2) is 24.3 Å². The van der Waals surface area contributed by atoms with Crippen molar-refractivity contribution < 1.29 is 19.0 Å². The summed E-state index contributed by atoms with van der Waals surface area (Å²) in [5.74, 6) is 0.0458. The topological polar surface area (TPSA) is 49.8 Å². The number of ether oxygens (including phenoxy) is 1. The van der Waals surface area contributed by atoms with Gasteiger partial charge in [0.25, 0.3) is 0 Å². The molecule has 0 radical (unpaired) electrons. The van der Waals surface area contributed by atoms with Crippen molar-refractivity contribution in [2.24, 2.45) is 5.92 Å². The highest BCUT2D eigenvalue weighted by molar-refractivity contribution is 5.79. The van der Waals surface area contributed by atoms with Crippen LogP contribution in [0.5, 0.6) is 0 Å². The summed E-state index contributed by atoms with van der Waals surface area (Å²) in [7, 11) is 0. The van der Waals surface area contributed by atoms with E-state index >= 15 is 0 Å². The molecule has 5 heteroatoms. The summed E-state index contributed by atoms with van der Waals surface area (Å²) in [5.41, 5.74) is 0.109. The monoisotopic (exact) mass is 335 g/mol. The Balaban J connectivity index is 1.69. The molecule has 1 aliphatic heterocycles. The van der Waals surface area contributed by atoms with Crippen LogP contribution in [0.2, 0.25) is 0 Å². The number of amides is 1. The molecular formula is C19H26FNO3. The van der Waals surface area contributed by atoms with Gasteiger partial charge in [-0.2, -0.15) is 0 Å². The summed E-state index contributed by atoms with van der Waals surface area (Å²) in [6, 6.07) is 6.23. The number of carbonyl (C=O) groups is 1. The molecule has 1 aromatic carbocycles. The lowest BCUT2D eigenvalue weighted by molar-refractivity contribution is -0.162. The van der Waals surface area contributed by atoms with E-state index in [4.69, 9.17) is 4.74 Å². The van der Waals surface area contributed by atoms with Gasteiger partial charge in [-0.25, -0.2) is 4.39 Å². The minimum atomic E-state index is -0.791. The molecule has 1 saturated heterocycles. The van der Waals surface area contributed by atoms with Crippen molar-refractivity contribution in [1.82, 2.24) is 4.90 Å². The van der Waals surface area contributed by atoms with Gasteiger partial charge in [0.15, 0.2) is 0 Å². The lowest BCUT2D eigenvalue weighted by atomic mass is 9.87. The lowest BCUT2D eigenvalue weighted by Gasteiger charge is -2.43. The van der Waals surface area contributed by atoms with Gasteiger partial charge in [0.2, 0.25) is 5.91 Å². The molecule has 1 atom stereocenters. The second kappa shape index (κ2) is 7.62. The zero-order chi connectivity index (χ0) is 17.0. The predicted molar refractivity (Wildman–Crippen MR) is 89.0 cm³/mol. The molecule has 0 bridgehead atoms. The number of halogens is 1. The van der Waals surface area contributed by atoms with Gasteiger partial charge in [0, 0.05) is 18.9 Å². The van der Waals surface area contributed by atoms with Gasteiger partial charge in [-0.15, -0.1) is 0 Å². The molecule has 0 aromatic heterocycles. The molecular weight excluding hydrogens is 309 g/mol. The normalized spacial score (nSPS) is 25.7. The first-order valence-corrected chi connectivity index (χ1v) is 8.90. The zero-order valence-electron chi connectivity index (χ0n) is 14.0. The Hall–Kier alpha value is -1.46. The SMILES string of the molecule is O=C(C1CCCCC1)N1CCO[C@@](CO)(Cc2ccc(F)cc2)C1. The van der Waals surface area contributed by atoms with E-state index in [0.29, 0.717) is 26.1 Å². The maximum Gasteiger partial charge on any atom is 0.225 e. The molecule has 1 N–H and O–H groups in total. The second-order valence-corrected chi connectivity index (χ2v) is 7.09. The fourth-order valence-electron chi connectivity index (χ4n) is 3.87. The third kappa shape index (κ3) is 3.95. The van der Waals surface area contributed by atoms with Gasteiger partial charge in [-0.3, -0.25) is 4.79 Å². The highest BCUT2D eigenvalue weighted by Gasteiger charge is 2.39. The van der Waals surface area contributed by atoms with Crippen LogP contribution in [0.1, 0.15) is 37.7 Å². The van der Waals surface area contributed by atoms with E-state index < -0.39 is 5.60 Å². The van der Waals surface area contributed by atoms with Gasteiger partial charge in [0.1, 0.15) is 11.4 Å². The van der Waals surface area contributed by atoms with Gasteiger partial charge >= 0.3 is 0 Å². The lowest BCUT2D eigenvalue weighted by Crippen LogP contribution is -2.57. The number of rotatable bonds is 4. The van der Waals surface area contributed by atoms with Gasteiger partial charge in [0.05, 0.1) is 19.8 Å². The molecule has 3 rings (SSSR count). The second-order valence-electron chi connectivity index (χ2n) is 7.09. The molecule has 1 aromatic rings. The van der Waals surface area contributed by atoms with Gasteiger partial charge < -0.3 is 14.7 Å². The number of carbonyl (C=O) groups excluding carboxylic acids is 1. The van der Waals surface area contributed by atoms with E-state index in [0.717, 1.165) is 31.2 Å². The molecule has 0 spiro atoms. The first-order chi connectivity index (χ1) is 11.6. The van der Waals surface area contributed by atoms with Crippen molar-refractivity contribution in [1.29, 1.82) is 0 Å². The number of nitrogens with zero attached hydrogens (tertiary/aromatic N) is 1. The maximum atomic E-state index is 13.1. The van der Waals surface area contributed by atoms with Crippen molar-refractivity contribution in [3.8, 4) is 0 Å². The molecule has 2 aliphatic rings. The van der Waals surface area contributed by atoms with Crippen molar-refractivity contribution >= 4 is 5.91 Å². The molecule has 4 nitrogen and oxygen atoms in total. The highest BCUT2D eigenvalue weighted by Crippen LogP contribution is 2.29.